The van der Waals surface area contributed by atoms with Crippen molar-refractivity contribution in [3.05, 3.63) is 0 Å². The van der Waals surface area contributed by atoms with E-state index < -0.39 is 0 Å². The molecule has 0 aromatic rings. The van der Waals surface area contributed by atoms with Gasteiger partial charge in [0.2, 0.25) is 0 Å². The maximum absolute atomic E-state index is 5.64. The van der Waals surface area contributed by atoms with Crippen LogP contribution in [0.3, 0.4) is 0 Å². The summed E-state index contributed by atoms with van der Waals surface area (Å²) in [5.41, 5.74) is 5.64. The van der Waals surface area contributed by atoms with Gasteiger partial charge in [-0.05, 0) is 6.92 Å². The standard InChI is InChI=1S/C6H13NO2/c1-4-5(7)3-6(8-2)9-4/h4-6H,3,7H2,1-2H3. The van der Waals surface area contributed by atoms with Gasteiger partial charge in [-0.2, -0.15) is 0 Å². The largest absolute Gasteiger partial charge is 0.356 e. The lowest BCUT2D eigenvalue weighted by Gasteiger charge is -2.07. The molecule has 0 spiro atoms. The summed E-state index contributed by atoms with van der Waals surface area (Å²) in [6, 6.07) is 0.148. The van der Waals surface area contributed by atoms with Crippen LogP contribution in [0.5, 0.6) is 0 Å². The van der Waals surface area contributed by atoms with E-state index in [1.807, 2.05) is 6.92 Å². The summed E-state index contributed by atoms with van der Waals surface area (Å²) in [6.45, 7) is 1.96. The summed E-state index contributed by atoms with van der Waals surface area (Å²) >= 11 is 0. The Labute approximate surface area is 55.1 Å². The van der Waals surface area contributed by atoms with Gasteiger partial charge in [-0.1, -0.05) is 0 Å². The maximum Gasteiger partial charge on any atom is 0.159 e. The summed E-state index contributed by atoms with van der Waals surface area (Å²) in [5.74, 6) is 0. The van der Waals surface area contributed by atoms with Crippen LogP contribution in [0.15, 0.2) is 0 Å². The van der Waals surface area contributed by atoms with E-state index in [-0.39, 0.29) is 18.4 Å². The lowest BCUT2D eigenvalue weighted by molar-refractivity contribution is -0.110. The third-order valence-electron chi connectivity index (χ3n) is 1.70. The first-order valence-electron chi connectivity index (χ1n) is 3.18. The van der Waals surface area contributed by atoms with Crippen LogP contribution >= 0.6 is 0 Å². The molecule has 1 aliphatic rings. The molecule has 1 saturated heterocycles. The zero-order valence-corrected chi connectivity index (χ0v) is 5.83. The first kappa shape index (κ1) is 6.99. The van der Waals surface area contributed by atoms with Gasteiger partial charge in [-0.3, -0.25) is 0 Å². The van der Waals surface area contributed by atoms with Gasteiger partial charge in [0.05, 0.1) is 6.10 Å². The van der Waals surface area contributed by atoms with Gasteiger partial charge in [0.15, 0.2) is 6.29 Å². The van der Waals surface area contributed by atoms with Gasteiger partial charge >= 0.3 is 0 Å². The first-order chi connectivity index (χ1) is 4.24. The summed E-state index contributed by atoms with van der Waals surface area (Å²) in [4.78, 5) is 0. The highest BCUT2D eigenvalue weighted by Gasteiger charge is 2.28. The molecule has 2 N–H and O–H groups in total. The van der Waals surface area contributed by atoms with E-state index in [4.69, 9.17) is 15.2 Å². The molecule has 0 bridgehead atoms. The summed E-state index contributed by atoms with van der Waals surface area (Å²) in [5, 5.41) is 0. The third-order valence-corrected chi connectivity index (χ3v) is 1.70. The molecule has 0 amide bonds. The van der Waals surface area contributed by atoms with Crippen LogP contribution in [0.25, 0.3) is 0 Å². The second kappa shape index (κ2) is 2.64. The first-order valence-corrected chi connectivity index (χ1v) is 3.18. The van der Waals surface area contributed by atoms with Crippen LogP contribution in [-0.4, -0.2) is 25.5 Å². The minimum atomic E-state index is -0.0741. The van der Waals surface area contributed by atoms with Crippen LogP contribution in [0.1, 0.15) is 13.3 Å². The van der Waals surface area contributed by atoms with Gasteiger partial charge in [-0.15, -0.1) is 0 Å². The van der Waals surface area contributed by atoms with Crippen LogP contribution < -0.4 is 5.73 Å². The van der Waals surface area contributed by atoms with Crippen LogP contribution in [0.2, 0.25) is 0 Å². The van der Waals surface area contributed by atoms with E-state index in [0.29, 0.717) is 0 Å². The van der Waals surface area contributed by atoms with E-state index >= 15 is 0 Å². The minimum absolute atomic E-state index is 0.0741. The van der Waals surface area contributed by atoms with Gasteiger partial charge in [0.25, 0.3) is 0 Å². The smallest absolute Gasteiger partial charge is 0.159 e. The molecule has 1 rings (SSSR count). The fourth-order valence-electron chi connectivity index (χ4n) is 0.962. The Morgan fingerprint density at radius 2 is 2.33 bits per heavy atom. The Morgan fingerprint density at radius 3 is 2.56 bits per heavy atom. The SMILES string of the molecule is COC1CC(N)C(C)O1. The van der Waals surface area contributed by atoms with Crippen LogP contribution in [-0.2, 0) is 9.47 Å². The zero-order valence-electron chi connectivity index (χ0n) is 5.83. The molecule has 1 fully saturated rings. The molecule has 3 heteroatoms. The molecule has 0 aromatic carbocycles. The van der Waals surface area contributed by atoms with Crippen molar-refractivity contribution >= 4 is 0 Å². The summed E-state index contributed by atoms with van der Waals surface area (Å²) in [7, 11) is 1.63. The second-order valence-electron chi connectivity index (χ2n) is 2.41. The molecule has 1 aliphatic heterocycles. The highest BCUT2D eigenvalue weighted by Crippen LogP contribution is 2.17. The van der Waals surface area contributed by atoms with Gasteiger partial charge in [0.1, 0.15) is 0 Å². The highest BCUT2D eigenvalue weighted by molar-refractivity contribution is 4.77. The van der Waals surface area contributed by atoms with Crippen molar-refractivity contribution in [1.29, 1.82) is 0 Å². The summed E-state index contributed by atoms with van der Waals surface area (Å²) < 4.78 is 10.2. The normalized spacial score (nSPS) is 43.7. The van der Waals surface area contributed by atoms with Crippen molar-refractivity contribution in [1.82, 2.24) is 0 Å². The fourth-order valence-corrected chi connectivity index (χ4v) is 0.962. The topological polar surface area (TPSA) is 44.5 Å². The molecule has 0 radical (unpaired) electrons. The molecular formula is C6H13NO2. The molecule has 0 saturated carbocycles. The van der Waals surface area contributed by atoms with Gasteiger partial charge in [0, 0.05) is 19.6 Å². The molecule has 0 aliphatic carbocycles. The molecule has 3 nitrogen and oxygen atoms in total. The second-order valence-corrected chi connectivity index (χ2v) is 2.41. The number of hydrogen-bond donors (Lipinski definition) is 1. The van der Waals surface area contributed by atoms with E-state index in [0.717, 1.165) is 6.42 Å². The van der Waals surface area contributed by atoms with Crippen molar-refractivity contribution < 1.29 is 9.47 Å². The molecule has 1 heterocycles. The van der Waals surface area contributed by atoms with Crippen molar-refractivity contribution in [2.24, 2.45) is 5.73 Å². The number of hydrogen-bond acceptors (Lipinski definition) is 3. The predicted molar refractivity (Wildman–Crippen MR) is 33.9 cm³/mol. The molecule has 0 aromatic heterocycles. The molecule has 3 atom stereocenters. The molecule has 9 heavy (non-hydrogen) atoms. The monoisotopic (exact) mass is 131 g/mol. The average Bonchev–Trinajstić information content (AvgIpc) is 2.13. The number of methoxy groups -OCH3 is 1. The van der Waals surface area contributed by atoms with E-state index in [9.17, 15) is 0 Å². The van der Waals surface area contributed by atoms with E-state index in [1.165, 1.54) is 0 Å². The number of ether oxygens (including phenoxy) is 2. The average molecular weight is 131 g/mol. The Kier molecular flexibility index (Phi) is 2.05. The van der Waals surface area contributed by atoms with Crippen molar-refractivity contribution in [2.45, 2.75) is 31.8 Å². The number of rotatable bonds is 1. The lowest BCUT2D eigenvalue weighted by atomic mass is 10.2. The van der Waals surface area contributed by atoms with Crippen molar-refractivity contribution in [3.8, 4) is 0 Å². The quantitative estimate of drug-likeness (QED) is 0.548. The highest BCUT2D eigenvalue weighted by atomic mass is 16.7. The molecule has 54 valence electrons. The van der Waals surface area contributed by atoms with Crippen molar-refractivity contribution in [3.63, 3.8) is 0 Å². The van der Waals surface area contributed by atoms with Crippen LogP contribution in [0, 0.1) is 0 Å². The zero-order chi connectivity index (χ0) is 6.85. The fraction of sp³-hybridized carbons (Fsp3) is 1.00. The van der Waals surface area contributed by atoms with E-state index in [1.54, 1.807) is 7.11 Å². The minimum Gasteiger partial charge on any atom is -0.356 e. The third kappa shape index (κ3) is 1.41. The van der Waals surface area contributed by atoms with Gasteiger partial charge < -0.3 is 15.2 Å². The predicted octanol–water partition coefficient (Wildman–Crippen LogP) is 0.0950. The Balaban J connectivity index is 2.35. The molecular weight excluding hydrogens is 118 g/mol. The Morgan fingerprint density at radius 1 is 1.67 bits per heavy atom. The van der Waals surface area contributed by atoms with Crippen LogP contribution in [0.4, 0.5) is 0 Å². The Bertz CT molecular complexity index is 87.1. The maximum atomic E-state index is 5.64. The summed E-state index contributed by atoms with van der Waals surface area (Å²) in [6.07, 6.45) is 0.891. The lowest BCUT2D eigenvalue weighted by Crippen LogP contribution is -2.26. The van der Waals surface area contributed by atoms with Crippen molar-refractivity contribution in [2.75, 3.05) is 7.11 Å². The van der Waals surface area contributed by atoms with Gasteiger partial charge in [-0.25, -0.2) is 0 Å². The number of nitrogens with two attached hydrogens (primary N) is 1. The molecule has 3 unspecified atom stereocenters. The van der Waals surface area contributed by atoms with E-state index in [2.05, 4.69) is 0 Å². The Hall–Kier alpha value is -0.120.